The van der Waals surface area contributed by atoms with Gasteiger partial charge < -0.3 is 5.32 Å². The lowest BCUT2D eigenvalue weighted by atomic mass is 10.1. The molecule has 0 aliphatic heterocycles. The minimum absolute atomic E-state index is 0.374. The van der Waals surface area contributed by atoms with Crippen molar-refractivity contribution in [2.45, 2.75) is 6.42 Å². The number of nitrogens with zero attached hydrogens (tertiary/aromatic N) is 5. The number of fused-ring (bicyclic) bond motifs is 1. The van der Waals surface area contributed by atoms with Crippen molar-refractivity contribution in [1.82, 2.24) is 24.5 Å². The van der Waals surface area contributed by atoms with Gasteiger partial charge in [0.25, 0.3) is 0 Å². The molecule has 0 amide bonds. The van der Waals surface area contributed by atoms with Gasteiger partial charge in [0.2, 0.25) is 5.95 Å². The molecule has 0 aliphatic rings. The van der Waals surface area contributed by atoms with Gasteiger partial charge in [-0.2, -0.15) is 4.98 Å². The quantitative estimate of drug-likeness (QED) is 0.378. The summed E-state index contributed by atoms with van der Waals surface area (Å²) in [5.41, 5.74) is 5.25. The first-order valence-electron chi connectivity index (χ1n) is 9.96. The number of hydrogen-bond acceptors (Lipinski definition) is 5. The Kier molecular flexibility index (Phi) is 5.29. The summed E-state index contributed by atoms with van der Waals surface area (Å²) in [6, 6.07) is 22.1. The molecule has 2 aromatic carbocycles. The molecule has 7 heteroatoms. The van der Waals surface area contributed by atoms with Gasteiger partial charge in [-0.1, -0.05) is 48.0 Å². The van der Waals surface area contributed by atoms with E-state index in [0.717, 1.165) is 28.6 Å². The molecular weight excluding hydrogens is 408 g/mol. The molecule has 0 bridgehead atoms. The smallest absolute Gasteiger partial charge is 0.226 e. The summed E-state index contributed by atoms with van der Waals surface area (Å²) in [6.07, 6.45) is 6.20. The van der Waals surface area contributed by atoms with Crippen LogP contribution in [-0.4, -0.2) is 31.0 Å². The molecule has 0 radical (unpaired) electrons. The van der Waals surface area contributed by atoms with E-state index < -0.39 is 0 Å². The predicted molar refractivity (Wildman–Crippen MR) is 124 cm³/mol. The van der Waals surface area contributed by atoms with Crippen molar-refractivity contribution in [3.63, 3.8) is 0 Å². The summed E-state index contributed by atoms with van der Waals surface area (Å²) >= 11 is 6.31. The van der Waals surface area contributed by atoms with Crippen LogP contribution in [0.15, 0.2) is 85.5 Å². The first-order valence-corrected chi connectivity index (χ1v) is 10.3. The number of anilines is 1. The van der Waals surface area contributed by atoms with Crippen LogP contribution in [0, 0.1) is 0 Å². The van der Waals surface area contributed by atoms with Crippen LogP contribution in [-0.2, 0) is 6.42 Å². The monoisotopic (exact) mass is 426 g/mol. The largest absolute Gasteiger partial charge is 0.354 e. The van der Waals surface area contributed by atoms with Crippen LogP contribution in [0.4, 0.5) is 5.95 Å². The fourth-order valence-electron chi connectivity index (χ4n) is 3.49. The average molecular weight is 427 g/mol. The zero-order valence-corrected chi connectivity index (χ0v) is 17.4. The number of halogens is 1. The highest BCUT2D eigenvalue weighted by atomic mass is 35.5. The zero-order valence-electron chi connectivity index (χ0n) is 16.6. The van der Waals surface area contributed by atoms with Crippen molar-refractivity contribution in [2.24, 2.45) is 0 Å². The van der Waals surface area contributed by atoms with Gasteiger partial charge in [-0.15, -0.1) is 0 Å². The van der Waals surface area contributed by atoms with Gasteiger partial charge in [0, 0.05) is 25.0 Å². The maximum absolute atomic E-state index is 6.31. The Morgan fingerprint density at radius 1 is 0.871 bits per heavy atom. The maximum Gasteiger partial charge on any atom is 0.226 e. The van der Waals surface area contributed by atoms with E-state index in [2.05, 4.69) is 49.5 Å². The van der Waals surface area contributed by atoms with Crippen molar-refractivity contribution < 1.29 is 0 Å². The molecule has 0 spiro atoms. The van der Waals surface area contributed by atoms with E-state index in [1.54, 1.807) is 24.8 Å². The molecule has 5 rings (SSSR count). The van der Waals surface area contributed by atoms with Crippen LogP contribution in [0.1, 0.15) is 5.56 Å². The van der Waals surface area contributed by atoms with E-state index in [4.69, 9.17) is 11.6 Å². The van der Waals surface area contributed by atoms with Crippen molar-refractivity contribution in [1.29, 1.82) is 0 Å². The number of nitrogens with one attached hydrogen (secondary N) is 1. The van der Waals surface area contributed by atoms with Gasteiger partial charge in [-0.3, -0.25) is 9.55 Å². The lowest BCUT2D eigenvalue weighted by Crippen LogP contribution is -2.09. The van der Waals surface area contributed by atoms with Crippen LogP contribution in [0.2, 0.25) is 5.15 Å². The van der Waals surface area contributed by atoms with Crippen LogP contribution in [0.25, 0.3) is 28.0 Å². The Hall–Kier alpha value is -3.77. The summed E-state index contributed by atoms with van der Waals surface area (Å²) in [6.45, 7) is 0.709. The highest BCUT2D eigenvalue weighted by Crippen LogP contribution is 2.26. The van der Waals surface area contributed by atoms with E-state index in [1.807, 2.05) is 41.0 Å². The predicted octanol–water partition coefficient (Wildman–Crippen LogP) is 5.19. The Labute approximate surface area is 184 Å². The van der Waals surface area contributed by atoms with Gasteiger partial charge in [0.1, 0.15) is 17.3 Å². The maximum atomic E-state index is 6.31. The van der Waals surface area contributed by atoms with E-state index in [0.29, 0.717) is 23.5 Å². The van der Waals surface area contributed by atoms with E-state index in [-0.39, 0.29) is 0 Å². The number of aromatic nitrogens is 5. The first-order chi connectivity index (χ1) is 15.3. The molecule has 3 heterocycles. The molecule has 6 nitrogen and oxygen atoms in total. The van der Waals surface area contributed by atoms with Gasteiger partial charge in [-0.25, -0.2) is 9.97 Å². The molecular formula is C24H19ClN6. The SMILES string of the molecule is Clc1cc(-n2cnc3ccc(-c4ccncc4)cc32)nc(NCCc2ccccc2)n1. The molecule has 0 fully saturated rings. The third-order valence-electron chi connectivity index (χ3n) is 5.03. The van der Waals surface area contributed by atoms with E-state index in [1.165, 1.54) is 5.56 Å². The molecule has 0 saturated carbocycles. The molecule has 3 aromatic heterocycles. The second-order valence-electron chi connectivity index (χ2n) is 7.09. The first kappa shape index (κ1) is 19.2. The summed E-state index contributed by atoms with van der Waals surface area (Å²) in [5, 5.41) is 3.65. The second kappa shape index (κ2) is 8.53. The lowest BCUT2D eigenvalue weighted by molar-refractivity contribution is 0.954. The van der Waals surface area contributed by atoms with Crippen LogP contribution >= 0.6 is 11.6 Å². The molecule has 0 atom stereocenters. The molecule has 0 unspecified atom stereocenters. The van der Waals surface area contributed by atoms with Crippen LogP contribution in [0.5, 0.6) is 0 Å². The standard InChI is InChI=1S/C24H19ClN6/c25-22-15-23(30-24(29-22)27-13-8-17-4-2-1-3-5-17)31-16-28-20-7-6-19(14-21(20)31)18-9-11-26-12-10-18/h1-7,9-12,14-16H,8,13H2,(H,27,29,30). The van der Waals surface area contributed by atoms with Crippen molar-refractivity contribution in [3.8, 4) is 16.9 Å². The Morgan fingerprint density at radius 3 is 2.55 bits per heavy atom. The Balaban J connectivity index is 1.44. The number of hydrogen-bond donors (Lipinski definition) is 1. The fraction of sp³-hybridized carbons (Fsp3) is 0.0833. The van der Waals surface area contributed by atoms with Crippen molar-refractivity contribution >= 4 is 28.6 Å². The van der Waals surface area contributed by atoms with E-state index >= 15 is 0 Å². The average Bonchev–Trinajstić information content (AvgIpc) is 3.23. The van der Waals surface area contributed by atoms with E-state index in [9.17, 15) is 0 Å². The molecule has 152 valence electrons. The normalized spacial score (nSPS) is 11.0. The number of rotatable bonds is 6. The fourth-order valence-corrected chi connectivity index (χ4v) is 3.66. The molecule has 1 N–H and O–H groups in total. The second-order valence-corrected chi connectivity index (χ2v) is 7.48. The van der Waals surface area contributed by atoms with Gasteiger partial charge in [0.05, 0.1) is 11.0 Å². The summed E-state index contributed by atoms with van der Waals surface area (Å²) in [7, 11) is 0. The molecule has 31 heavy (non-hydrogen) atoms. The third kappa shape index (κ3) is 4.25. The van der Waals surface area contributed by atoms with Crippen molar-refractivity contribution in [2.75, 3.05) is 11.9 Å². The van der Waals surface area contributed by atoms with Crippen molar-refractivity contribution in [3.05, 3.63) is 96.2 Å². The summed E-state index contributed by atoms with van der Waals surface area (Å²) in [5.74, 6) is 1.15. The number of pyridine rings is 1. The number of imidazole rings is 1. The Bertz CT molecular complexity index is 1320. The van der Waals surface area contributed by atoms with Crippen LogP contribution < -0.4 is 5.32 Å². The highest BCUT2D eigenvalue weighted by Gasteiger charge is 2.11. The number of benzene rings is 2. The Morgan fingerprint density at radius 2 is 1.71 bits per heavy atom. The molecule has 0 aliphatic carbocycles. The van der Waals surface area contributed by atoms with Gasteiger partial charge in [-0.05, 0) is 47.4 Å². The molecule has 5 aromatic rings. The zero-order chi connectivity index (χ0) is 21.0. The van der Waals surface area contributed by atoms with Gasteiger partial charge in [0.15, 0.2) is 0 Å². The minimum Gasteiger partial charge on any atom is -0.354 e. The third-order valence-corrected chi connectivity index (χ3v) is 5.22. The summed E-state index contributed by atoms with van der Waals surface area (Å²) in [4.78, 5) is 17.6. The van der Waals surface area contributed by atoms with Crippen LogP contribution in [0.3, 0.4) is 0 Å². The minimum atomic E-state index is 0.374. The lowest BCUT2D eigenvalue weighted by Gasteiger charge is -2.09. The van der Waals surface area contributed by atoms with Gasteiger partial charge >= 0.3 is 0 Å². The molecule has 0 saturated heterocycles. The summed E-state index contributed by atoms with van der Waals surface area (Å²) < 4.78 is 1.93. The highest BCUT2D eigenvalue weighted by molar-refractivity contribution is 6.29. The topological polar surface area (TPSA) is 68.5 Å².